The molecule has 8 heteroatoms. The topological polar surface area (TPSA) is 106 Å². The van der Waals surface area contributed by atoms with Crippen molar-refractivity contribution in [2.45, 2.75) is 12.5 Å². The summed E-state index contributed by atoms with van der Waals surface area (Å²) in [6.45, 7) is 0. The maximum absolute atomic E-state index is 12.9. The van der Waals surface area contributed by atoms with Gasteiger partial charge in [0.25, 0.3) is 5.69 Å². The second-order valence-electron chi connectivity index (χ2n) is 3.18. The number of carboxylic acids is 1. The van der Waals surface area contributed by atoms with Gasteiger partial charge in [-0.2, -0.15) is 0 Å². The van der Waals surface area contributed by atoms with Gasteiger partial charge in [-0.3, -0.25) is 14.9 Å². The summed E-state index contributed by atoms with van der Waals surface area (Å²) >= 11 is 0. The Labute approximate surface area is 102 Å². The molecule has 0 aromatic heterocycles. The average Bonchev–Trinajstić information content (AvgIpc) is 2.16. The van der Waals surface area contributed by atoms with E-state index in [4.69, 9.17) is 10.8 Å². The van der Waals surface area contributed by atoms with Crippen LogP contribution >= 0.6 is 12.4 Å². The monoisotopic (exact) mass is 264 g/mol. The molecule has 0 heterocycles. The number of carbonyl (C=O) groups is 1. The summed E-state index contributed by atoms with van der Waals surface area (Å²) in [7, 11) is 0. The molecule has 0 bridgehead atoms. The van der Waals surface area contributed by atoms with Gasteiger partial charge in [-0.25, -0.2) is 4.39 Å². The first-order valence-electron chi connectivity index (χ1n) is 4.33. The van der Waals surface area contributed by atoms with Gasteiger partial charge >= 0.3 is 5.97 Å². The first-order valence-corrected chi connectivity index (χ1v) is 4.33. The van der Waals surface area contributed by atoms with Crippen LogP contribution in [-0.4, -0.2) is 22.0 Å². The van der Waals surface area contributed by atoms with E-state index in [1.807, 2.05) is 0 Å². The van der Waals surface area contributed by atoms with Crippen LogP contribution in [0.2, 0.25) is 0 Å². The second kappa shape index (κ2) is 6.12. The van der Waals surface area contributed by atoms with Gasteiger partial charge in [0.15, 0.2) is 0 Å². The number of nitrogens with two attached hydrogens (primary N) is 1. The molecule has 1 aromatic carbocycles. The number of rotatable bonds is 4. The zero-order chi connectivity index (χ0) is 12.3. The van der Waals surface area contributed by atoms with E-state index in [-0.39, 0.29) is 30.1 Å². The van der Waals surface area contributed by atoms with Crippen molar-refractivity contribution in [3.05, 3.63) is 39.7 Å². The smallest absolute Gasteiger partial charge is 0.320 e. The minimum absolute atomic E-state index is 0. The predicted octanol–water partition coefficient (Wildman–Crippen LogP) is 1.11. The summed E-state index contributed by atoms with van der Waals surface area (Å²) in [5, 5.41) is 19.1. The van der Waals surface area contributed by atoms with Gasteiger partial charge in [-0.05, 0) is 12.1 Å². The lowest BCUT2D eigenvalue weighted by atomic mass is 10.0. The third-order valence-electron chi connectivity index (χ3n) is 2.00. The van der Waals surface area contributed by atoms with Gasteiger partial charge in [0.2, 0.25) is 0 Å². The van der Waals surface area contributed by atoms with Crippen molar-refractivity contribution < 1.29 is 19.2 Å². The van der Waals surface area contributed by atoms with Crippen molar-refractivity contribution in [2.24, 2.45) is 5.73 Å². The van der Waals surface area contributed by atoms with Crippen molar-refractivity contribution in [3.63, 3.8) is 0 Å². The molecule has 1 aromatic rings. The van der Waals surface area contributed by atoms with Gasteiger partial charge in [0.05, 0.1) is 4.92 Å². The van der Waals surface area contributed by atoms with Crippen LogP contribution < -0.4 is 5.73 Å². The molecule has 0 amide bonds. The number of carboxylic acid groups (broad SMARTS) is 1. The molecular formula is C9H10ClFN2O4. The van der Waals surface area contributed by atoms with Crippen LogP contribution in [0, 0.1) is 15.9 Å². The molecule has 0 aliphatic heterocycles. The second-order valence-corrected chi connectivity index (χ2v) is 3.18. The van der Waals surface area contributed by atoms with E-state index in [1.54, 1.807) is 0 Å². The lowest BCUT2D eigenvalue weighted by Gasteiger charge is -2.06. The fraction of sp³-hybridized carbons (Fsp3) is 0.222. The first-order chi connectivity index (χ1) is 7.41. The molecule has 0 saturated carbocycles. The molecule has 0 aliphatic carbocycles. The molecule has 94 valence electrons. The molecular weight excluding hydrogens is 255 g/mol. The molecule has 3 N–H and O–H groups in total. The van der Waals surface area contributed by atoms with Crippen LogP contribution in [0.15, 0.2) is 18.2 Å². The van der Waals surface area contributed by atoms with Gasteiger partial charge in [0, 0.05) is 18.1 Å². The quantitative estimate of drug-likeness (QED) is 0.626. The number of hydrogen-bond donors (Lipinski definition) is 2. The molecule has 0 radical (unpaired) electrons. The summed E-state index contributed by atoms with van der Waals surface area (Å²) < 4.78 is 12.9. The van der Waals surface area contributed by atoms with E-state index in [0.29, 0.717) is 0 Å². The third-order valence-corrected chi connectivity index (χ3v) is 2.00. The molecule has 1 unspecified atom stereocenters. The van der Waals surface area contributed by atoms with Crippen LogP contribution in [-0.2, 0) is 11.2 Å². The predicted molar refractivity (Wildman–Crippen MR) is 59.6 cm³/mol. The molecule has 6 nitrogen and oxygen atoms in total. The van der Waals surface area contributed by atoms with Gasteiger partial charge < -0.3 is 10.8 Å². The highest BCUT2D eigenvalue weighted by Gasteiger charge is 2.20. The number of hydrogen-bond acceptors (Lipinski definition) is 4. The highest BCUT2D eigenvalue weighted by molar-refractivity contribution is 5.85. The maximum atomic E-state index is 12.9. The van der Waals surface area contributed by atoms with Gasteiger partial charge in [-0.15, -0.1) is 12.4 Å². The fourth-order valence-electron chi connectivity index (χ4n) is 1.22. The Hall–Kier alpha value is -1.73. The Morgan fingerprint density at radius 2 is 2.18 bits per heavy atom. The Balaban J connectivity index is 0.00000256. The summed E-state index contributed by atoms with van der Waals surface area (Å²) in [4.78, 5) is 20.4. The highest BCUT2D eigenvalue weighted by atomic mass is 35.5. The number of nitro groups is 1. The minimum atomic E-state index is -1.29. The summed E-state index contributed by atoms with van der Waals surface area (Å²) in [6, 6.07) is 1.55. The van der Waals surface area contributed by atoms with Gasteiger partial charge in [-0.1, -0.05) is 0 Å². The van der Waals surface area contributed by atoms with E-state index >= 15 is 0 Å². The van der Waals surface area contributed by atoms with Crippen molar-refractivity contribution in [1.82, 2.24) is 0 Å². The molecule has 0 spiro atoms. The van der Waals surface area contributed by atoms with Crippen LogP contribution in [0.25, 0.3) is 0 Å². The lowest BCUT2D eigenvalue weighted by Crippen LogP contribution is -2.32. The number of nitro benzene ring substituents is 1. The molecule has 1 atom stereocenters. The van der Waals surface area contributed by atoms with Crippen molar-refractivity contribution >= 4 is 24.1 Å². The molecule has 17 heavy (non-hydrogen) atoms. The SMILES string of the molecule is Cl.NC(Cc1cc(F)ccc1[N+](=O)[O-])C(=O)O. The number of nitrogens with zero attached hydrogens (tertiary/aromatic N) is 1. The van der Waals surface area contributed by atoms with E-state index in [9.17, 15) is 19.3 Å². The number of benzene rings is 1. The Morgan fingerprint density at radius 3 is 2.65 bits per heavy atom. The first kappa shape index (κ1) is 15.3. The summed E-state index contributed by atoms with van der Waals surface area (Å²) in [6.07, 6.45) is -0.288. The fourth-order valence-corrected chi connectivity index (χ4v) is 1.22. The lowest BCUT2D eigenvalue weighted by molar-refractivity contribution is -0.385. The standard InChI is InChI=1S/C9H9FN2O4.ClH/c10-6-1-2-8(12(15)16)5(3-6)4-7(11)9(13)14;/h1-3,7H,4,11H2,(H,13,14);1H. The van der Waals surface area contributed by atoms with Crippen LogP contribution in [0.4, 0.5) is 10.1 Å². The maximum Gasteiger partial charge on any atom is 0.320 e. The zero-order valence-electron chi connectivity index (χ0n) is 8.50. The van der Waals surface area contributed by atoms with E-state index in [1.165, 1.54) is 0 Å². The van der Waals surface area contributed by atoms with E-state index in [2.05, 4.69) is 0 Å². The van der Waals surface area contributed by atoms with Crippen LogP contribution in [0.5, 0.6) is 0 Å². The van der Waals surface area contributed by atoms with Crippen LogP contribution in [0.1, 0.15) is 5.56 Å². The van der Waals surface area contributed by atoms with Crippen molar-refractivity contribution in [2.75, 3.05) is 0 Å². The molecule has 0 saturated heterocycles. The Bertz CT molecular complexity index is 441. The van der Waals surface area contributed by atoms with Gasteiger partial charge in [0.1, 0.15) is 11.9 Å². The Kier molecular flexibility index (Phi) is 5.49. The minimum Gasteiger partial charge on any atom is -0.480 e. The van der Waals surface area contributed by atoms with Crippen LogP contribution in [0.3, 0.4) is 0 Å². The molecule has 0 aliphatic rings. The summed E-state index contributed by atoms with van der Waals surface area (Å²) in [5.74, 6) is -1.96. The van der Waals surface area contributed by atoms with E-state index < -0.39 is 22.8 Å². The third kappa shape index (κ3) is 3.97. The largest absolute Gasteiger partial charge is 0.480 e. The number of halogens is 2. The highest BCUT2D eigenvalue weighted by Crippen LogP contribution is 2.20. The Morgan fingerprint density at radius 1 is 1.59 bits per heavy atom. The average molecular weight is 265 g/mol. The normalized spacial score (nSPS) is 11.4. The number of aliphatic carboxylic acids is 1. The van der Waals surface area contributed by atoms with Crippen molar-refractivity contribution in [3.8, 4) is 0 Å². The zero-order valence-corrected chi connectivity index (χ0v) is 9.32. The molecule has 0 fully saturated rings. The van der Waals surface area contributed by atoms with E-state index in [0.717, 1.165) is 18.2 Å². The molecule has 1 rings (SSSR count). The van der Waals surface area contributed by atoms with Crippen molar-refractivity contribution in [1.29, 1.82) is 0 Å². The summed E-state index contributed by atoms with van der Waals surface area (Å²) in [5.41, 5.74) is 4.86.